The number of aliphatic carboxylic acids is 1. The van der Waals surface area contributed by atoms with Crippen molar-refractivity contribution in [2.45, 2.75) is 19.4 Å². The van der Waals surface area contributed by atoms with Crippen molar-refractivity contribution in [2.75, 3.05) is 0 Å². The number of carbonyl (C=O) groups is 3. The summed E-state index contributed by atoms with van der Waals surface area (Å²) in [6.07, 6.45) is 0.136. The Morgan fingerprint density at radius 2 is 1.73 bits per heavy atom. The van der Waals surface area contributed by atoms with Crippen LogP contribution in [0, 0.1) is 0 Å². The van der Waals surface area contributed by atoms with E-state index in [1.54, 1.807) is 18.2 Å². The number of rotatable bonds is 6. The van der Waals surface area contributed by atoms with Crippen LogP contribution in [-0.2, 0) is 11.2 Å². The summed E-state index contributed by atoms with van der Waals surface area (Å²) >= 11 is 0. The van der Waals surface area contributed by atoms with Crippen molar-refractivity contribution < 1.29 is 19.5 Å². The van der Waals surface area contributed by atoms with Gasteiger partial charge < -0.3 is 15.4 Å². The van der Waals surface area contributed by atoms with Crippen molar-refractivity contribution >= 4 is 39.5 Å². The van der Waals surface area contributed by atoms with Crippen LogP contribution in [0.4, 0.5) is 0 Å². The van der Waals surface area contributed by atoms with E-state index in [1.807, 2.05) is 42.5 Å². The number of para-hydroxylation sites is 1. The zero-order chi connectivity index (χ0) is 21.3. The van der Waals surface area contributed by atoms with Gasteiger partial charge in [0.05, 0.1) is 5.52 Å². The molecule has 0 saturated carbocycles. The minimum Gasteiger partial charge on any atom is -0.480 e. The van der Waals surface area contributed by atoms with E-state index in [4.69, 9.17) is 0 Å². The number of carboxylic acid groups (broad SMARTS) is 1. The Hall–Kier alpha value is -4.00. The minimum atomic E-state index is -1.15. The molecule has 7 nitrogen and oxygen atoms in total. The van der Waals surface area contributed by atoms with E-state index in [9.17, 15) is 19.5 Å². The van der Waals surface area contributed by atoms with Gasteiger partial charge in [0.25, 0.3) is 5.91 Å². The van der Waals surface area contributed by atoms with Crippen LogP contribution in [0.5, 0.6) is 0 Å². The van der Waals surface area contributed by atoms with Gasteiger partial charge in [0, 0.05) is 29.6 Å². The molecule has 0 spiro atoms. The number of benzene rings is 2. The number of Topliss-reactive ketones (excluding diaryl/α,β-unsaturated/α-hetero) is 1. The molecule has 0 fully saturated rings. The summed E-state index contributed by atoms with van der Waals surface area (Å²) in [6, 6.07) is 17.0. The Kier molecular flexibility index (Phi) is 5.02. The maximum Gasteiger partial charge on any atom is 0.326 e. The van der Waals surface area contributed by atoms with E-state index >= 15 is 0 Å². The fourth-order valence-corrected chi connectivity index (χ4v) is 3.50. The van der Waals surface area contributed by atoms with Crippen molar-refractivity contribution in [3.8, 4) is 0 Å². The molecule has 2 aromatic carbocycles. The first-order chi connectivity index (χ1) is 14.4. The number of nitrogens with zero attached hydrogens (tertiary/aromatic N) is 1. The van der Waals surface area contributed by atoms with E-state index < -0.39 is 17.9 Å². The van der Waals surface area contributed by atoms with Crippen molar-refractivity contribution in [1.82, 2.24) is 15.3 Å². The number of carbonyl (C=O) groups excluding carboxylic acids is 2. The van der Waals surface area contributed by atoms with Gasteiger partial charge in [-0.1, -0.05) is 48.5 Å². The molecule has 30 heavy (non-hydrogen) atoms. The topological polar surface area (TPSA) is 112 Å². The van der Waals surface area contributed by atoms with E-state index in [2.05, 4.69) is 15.3 Å². The summed E-state index contributed by atoms with van der Waals surface area (Å²) in [7, 11) is 0. The second-order valence-corrected chi connectivity index (χ2v) is 7.06. The van der Waals surface area contributed by atoms with Gasteiger partial charge in [0.1, 0.15) is 17.4 Å². The molecule has 0 aliphatic heterocycles. The molecule has 7 heteroatoms. The lowest BCUT2D eigenvalue weighted by molar-refractivity contribution is -0.139. The summed E-state index contributed by atoms with van der Waals surface area (Å²) in [5.41, 5.74) is 2.30. The predicted octanol–water partition coefficient (Wildman–Crippen LogP) is 3.34. The van der Waals surface area contributed by atoms with Crippen molar-refractivity contribution in [3.05, 3.63) is 77.6 Å². The third-order valence-corrected chi connectivity index (χ3v) is 4.95. The Morgan fingerprint density at radius 3 is 2.43 bits per heavy atom. The summed E-state index contributed by atoms with van der Waals surface area (Å²) in [4.78, 5) is 44.1. The number of aromatic amines is 1. The van der Waals surface area contributed by atoms with Crippen LogP contribution >= 0.6 is 0 Å². The number of ketones is 1. The highest BCUT2D eigenvalue weighted by atomic mass is 16.4. The minimum absolute atomic E-state index is 0.00300. The lowest BCUT2D eigenvalue weighted by Crippen LogP contribution is -2.42. The molecule has 1 atom stereocenters. The molecule has 4 rings (SSSR count). The van der Waals surface area contributed by atoms with Gasteiger partial charge in [-0.3, -0.25) is 9.59 Å². The Balaban J connectivity index is 1.72. The van der Waals surface area contributed by atoms with Gasteiger partial charge in [-0.2, -0.15) is 0 Å². The van der Waals surface area contributed by atoms with E-state index in [0.29, 0.717) is 10.9 Å². The number of hydrogen-bond acceptors (Lipinski definition) is 4. The fourth-order valence-electron chi connectivity index (χ4n) is 3.50. The molecule has 0 aliphatic carbocycles. The maximum absolute atomic E-state index is 12.9. The quantitative estimate of drug-likeness (QED) is 0.429. The summed E-state index contributed by atoms with van der Waals surface area (Å²) in [5, 5.41) is 13.6. The molecule has 2 heterocycles. The van der Waals surface area contributed by atoms with Gasteiger partial charge in [0.2, 0.25) is 0 Å². The first kappa shape index (κ1) is 19.3. The average Bonchev–Trinajstić information content (AvgIpc) is 3.11. The molecular weight excluding hydrogens is 382 g/mol. The molecule has 2 aromatic heterocycles. The molecule has 3 N–H and O–H groups in total. The van der Waals surface area contributed by atoms with Gasteiger partial charge in [-0.25, -0.2) is 9.78 Å². The second-order valence-electron chi connectivity index (χ2n) is 7.06. The number of hydrogen-bond donors (Lipinski definition) is 3. The lowest BCUT2D eigenvalue weighted by atomic mass is 10.1. The van der Waals surface area contributed by atoms with Crippen LogP contribution in [0.1, 0.15) is 33.5 Å². The molecule has 1 amide bonds. The zero-order valence-corrected chi connectivity index (χ0v) is 16.2. The maximum atomic E-state index is 12.9. The zero-order valence-electron chi connectivity index (χ0n) is 16.2. The van der Waals surface area contributed by atoms with Crippen molar-refractivity contribution in [2.24, 2.45) is 0 Å². The molecule has 0 saturated heterocycles. The van der Waals surface area contributed by atoms with Crippen LogP contribution in [0.15, 0.2) is 60.7 Å². The second kappa shape index (κ2) is 7.79. The van der Waals surface area contributed by atoms with Gasteiger partial charge in [-0.05, 0) is 17.7 Å². The molecule has 0 aliphatic rings. The van der Waals surface area contributed by atoms with E-state index in [0.717, 1.165) is 16.5 Å². The highest BCUT2D eigenvalue weighted by Crippen LogP contribution is 2.28. The highest BCUT2D eigenvalue weighted by molar-refractivity contribution is 6.15. The van der Waals surface area contributed by atoms with Crippen LogP contribution in [0.25, 0.3) is 21.8 Å². The largest absolute Gasteiger partial charge is 0.480 e. The number of amides is 1. The molecule has 150 valence electrons. The van der Waals surface area contributed by atoms with E-state index in [1.165, 1.54) is 6.92 Å². The summed E-state index contributed by atoms with van der Waals surface area (Å²) < 4.78 is 0. The average molecular weight is 401 g/mol. The first-order valence-corrected chi connectivity index (χ1v) is 9.44. The first-order valence-electron chi connectivity index (χ1n) is 9.44. The molecular formula is C23H19N3O4. The predicted molar refractivity (Wildman–Crippen MR) is 113 cm³/mol. The Labute approximate surface area is 171 Å². The van der Waals surface area contributed by atoms with Crippen LogP contribution in [0.3, 0.4) is 0 Å². The van der Waals surface area contributed by atoms with Crippen LogP contribution in [0.2, 0.25) is 0 Å². The molecule has 0 bridgehead atoms. The Bertz CT molecular complexity index is 1280. The number of H-pyrrole nitrogens is 1. The van der Waals surface area contributed by atoms with Gasteiger partial charge >= 0.3 is 5.97 Å². The smallest absolute Gasteiger partial charge is 0.326 e. The summed E-state index contributed by atoms with van der Waals surface area (Å²) in [5.74, 6) is -2.08. The highest BCUT2D eigenvalue weighted by Gasteiger charge is 2.24. The van der Waals surface area contributed by atoms with Crippen molar-refractivity contribution in [3.63, 3.8) is 0 Å². The third-order valence-electron chi connectivity index (χ3n) is 4.95. The standard InChI is InChI=1S/C23H19N3O4/c1-13(27)20-21-16(15-9-5-6-10-17(15)24-21)12-18(25-20)22(28)26-19(23(29)30)11-14-7-3-2-4-8-14/h2-10,12,19,24H,11H2,1H3,(H,26,28)(H,29,30)/t19-/m0/s1. The van der Waals surface area contributed by atoms with E-state index in [-0.39, 0.29) is 23.6 Å². The van der Waals surface area contributed by atoms with Crippen molar-refractivity contribution in [1.29, 1.82) is 0 Å². The third kappa shape index (κ3) is 3.65. The normalized spacial score (nSPS) is 12.0. The van der Waals surface area contributed by atoms with Gasteiger partial charge in [0.15, 0.2) is 5.78 Å². The van der Waals surface area contributed by atoms with Crippen LogP contribution in [-0.4, -0.2) is 38.8 Å². The van der Waals surface area contributed by atoms with Gasteiger partial charge in [-0.15, -0.1) is 0 Å². The monoisotopic (exact) mass is 401 g/mol. The molecule has 0 radical (unpaired) electrons. The number of fused-ring (bicyclic) bond motifs is 3. The number of pyridine rings is 1. The number of nitrogens with one attached hydrogen (secondary N) is 2. The molecule has 0 unspecified atom stereocenters. The summed E-state index contributed by atoms with van der Waals surface area (Å²) in [6.45, 7) is 1.38. The lowest BCUT2D eigenvalue weighted by Gasteiger charge is -2.15. The Morgan fingerprint density at radius 1 is 1.03 bits per heavy atom. The fraction of sp³-hybridized carbons (Fsp3) is 0.130. The molecule has 4 aromatic rings. The van der Waals surface area contributed by atoms with Crippen LogP contribution < -0.4 is 5.32 Å². The number of aromatic nitrogens is 2. The SMILES string of the molecule is CC(=O)c1nc(C(=O)N[C@@H](Cc2ccccc2)C(=O)O)cc2c1[nH]c1ccccc12. The number of carboxylic acids is 1.